The number of rotatable bonds is 5. The van der Waals surface area contributed by atoms with Crippen molar-refractivity contribution in [2.45, 2.75) is 25.8 Å². The van der Waals surface area contributed by atoms with Crippen molar-refractivity contribution in [3.8, 4) is 5.75 Å². The molecule has 0 amide bonds. The van der Waals surface area contributed by atoms with Crippen LogP contribution in [-0.2, 0) is 6.54 Å². The molecular weight excluding hydrogens is 311 g/mol. The molecule has 0 atom stereocenters. The van der Waals surface area contributed by atoms with E-state index in [0.717, 1.165) is 25.2 Å². The lowest BCUT2D eigenvalue weighted by molar-refractivity contribution is 0.180. The number of ether oxygens (including phenoxy) is 1. The Morgan fingerprint density at radius 3 is 2.68 bits per heavy atom. The van der Waals surface area contributed by atoms with Crippen molar-refractivity contribution in [2.24, 2.45) is 5.73 Å². The number of hydrogen-bond donors (Lipinski definition) is 1. The van der Waals surface area contributed by atoms with Gasteiger partial charge in [0.1, 0.15) is 6.61 Å². The quantitative estimate of drug-likeness (QED) is 0.902. The van der Waals surface area contributed by atoms with Crippen molar-refractivity contribution in [3.63, 3.8) is 0 Å². The molecule has 2 rings (SSSR count). The minimum atomic E-state index is -0.360. The van der Waals surface area contributed by atoms with Crippen molar-refractivity contribution in [1.82, 2.24) is 4.90 Å². The smallest absolute Gasteiger partial charge is 0.179 e. The minimum absolute atomic E-state index is 0.293. The largest absolute Gasteiger partial charge is 0.489 e. The van der Waals surface area contributed by atoms with Gasteiger partial charge in [-0.25, -0.2) is 4.39 Å². The minimum Gasteiger partial charge on any atom is -0.489 e. The van der Waals surface area contributed by atoms with Gasteiger partial charge in [-0.1, -0.05) is 12.5 Å². The molecule has 5 heteroatoms. The summed E-state index contributed by atoms with van der Waals surface area (Å²) in [5, 5.41) is 0. The summed E-state index contributed by atoms with van der Waals surface area (Å²) in [6.45, 7) is 3.94. The predicted octanol–water partition coefficient (Wildman–Crippen LogP) is 2.91. The molecule has 1 saturated heterocycles. The number of piperidine rings is 1. The van der Waals surface area contributed by atoms with Crippen molar-refractivity contribution in [3.05, 3.63) is 28.0 Å². The van der Waals surface area contributed by atoms with E-state index >= 15 is 0 Å². The van der Waals surface area contributed by atoms with Crippen LogP contribution in [0.25, 0.3) is 0 Å². The van der Waals surface area contributed by atoms with Gasteiger partial charge in [-0.3, -0.25) is 4.90 Å². The van der Waals surface area contributed by atoms with Gasteiger partial charge in [0.15, 0.2) is 11.6 Å². The Labute approximate surface area is 122 Å². The molecule has 1 aromatic rings. The van der Waals surface area contributed by atoms with Crippen LogP contribution >= 0.6 is 15.9 Å². The molecule has 1 aliphatic heterocycles. The summed E-state index contributed by atoms with van der Waals surface area (Å²) in [6.07, 6.45) is 3.83. The molecule has 0 spiro atoms. The summed E-state index contributed by atoms with van der Waals surface area (Å²) in [5.41, 5.74) is 6.27. The lowest BCUT2D eigenvalue weighted by atomic mass is 10.1. The fourth-order valence-electron chi connectivity index (χ4n) is 2.31. The predicted molar refractivity (Wildman–Crippen MR) is 77.8 cm³/mol. The summed E-state index contributed by atoms with van der Waals surface area (Å²) in [5.74, 6) is -0.0670. The number of nitrogens with zero attached hydrogens (tertiary/aromatic N) is 1. The Kier molecular flexibility index (Phi) is 5.60. The Bertz CT molecular complexity index is 422. The van der Waals surface area contributed by atoms with E-state index in [-0.39, 0.29) is 5.82 Å². The molecule has 1 aliphatic rings. The van der Waals surface area contributed by atoms with Gasteiger partial charge in [0.25, 0.3) is 0 Å². The second-order valence-electron chi connectivity index (χ2n) is 4.81. The highest BCUT2D eigenvalue weighted by Crippen LogP contribution is 2.28. The average molecular weight is 331 g/mol. The molecule has 0 aromatic heterocycles. The summed E-state index contributed by atoms with van der Waals surface area (Å²) >= 11 is 3.21. The normalized spacial score (nSPS) is 16.6. The van der Waals surface area contributed by atoms with Crippen LogP contribution < -0.4 is 10.5 Å². The van der Waals surface area contributed by atoms with Gasteiger partial charge in [-0.15, -0.1) is 0 Å². The number of hydrogen-bond acceptors (Lipinski definition) is 3. The molecule has 0 bridgehead atoms. The first-order valence-electron chi connectivity index (χ1n) is 6.74. The molecule has 0 aliphatic carbocycles. The first-order valence-corrected chi connectivity index (χ1v) is 7.53. The van der Waals surface area contributed by atoms with Crippen molar-refractivity contribution in [1.29, 1.82) is 0 Å². The van der Waals surface area contributed by atoms with Crippen LogP contribution in [0, 0.1) is 5.82 Å². The SMILES string of the molecule is NCc1ccc(OCCN2CCCCC2)c(F)c1Br. The molecule has 2 N–H and O–H groups in total. The lowest BCUT2D eigenvalue weighted by Gasteiger charge is -2.26. The van der Waals surface area contributed by atoms with Crippen molar-refractivity contribution < 1.29 is 9.13 Å². The highest BCUT2D eigenvalue weighted by atomic mass is 79.9. The molecule has 1 fully saturated rings. The second-order valence-corrected chi connectivity index (χ2v) is 5.60. The van der Waals surface area contributed by atoms with Gasteiger partial charge < -0.3 is 10.5 Å². The van der Waals surface area contributed by atoms with E-state index in [2.05, 4.69) is 20.8 Å². The van der Waals surface area contributed by atoms with E-state index in [9.17, 15) is 4.39 Å². The fourth-order valence-corrected chi connectivity index (χ4v) is 2.80. The molecule has 0 radical (unpaired) electrons. The zero-order valence-corrected chi connectivity index (χ0v) is 12.6. The van der Waals surface area contributed by atoms with Crippen LogP contribution in [0.3, 0.4) is 0 Å². The standard InChI is InChI=1S/C14H20BrFN2O/c15-13-11(10-17)4-5-12(14(13)16)19-9-8-18-6-2-1-3-7-18/h4-5H,1-3,6-10,17H2. The highest BCUT2D eigenvalue weighted by molar-refractivity contribution is 9.10. The van der Waals surface area contributed by atoms with Gasteiger partial charge in [0.2, 0.25) is 0 Å². The zero-order chi connectivity index (χ0) is 13.7. The Hall–Kier alpha value is -0.650. The zero-order valence-electron chi connectivity index (χ0n) is 11.0. The monoisotopic (exact) mass is 330 g/mol. The molecule has 0 unspecified atom stereocenters. The maximum Gasteiger partial charge on any atom is 0.179 e. The van der Waals surface area contributed by atoms with Crippen LogP contribution in [0.5, 0.6) is 5.75 Å². The highest BCUT2D eigenvalue weighted by Gasteiger charge is 2.13. The van der Waals surface area contributed by atoms with Gasteiger partial charge in [-0.2, -0.15) is 0 Å². The number of halogens is 2. The number of likely N-dealkylation sites (tertiary alicyclic amines) is 1. The first-order chi connectivity index (χ1) is 9.22. The molecule has 1 heterocycles. The summed E-state index contributed by atoms with van der Waals surface area (Å²) in [6, 6.07) is 3.45. The topological polar surface area (TPSA) is 38.5 Å². The lowest BCUT2D eigenvalue weighted by Crippen LogP contribution is -2.33. The van der Waals surface area contributed by atoms with Crippen molar-refractivity contribution >= 4 is 15.9 Å². The molecule has 1 aromatic carbocycles. The van der Waals surface area contributed by atoms with Crippen LogP contribution in [0.2, 0.25) is 0 Å². The maximum absolute atomic E-state index is 14.0. The third kappa shape index (κ3) is 3.91. The molecule has 19 heavy (non-hydrogen) atoms. The van der Waals surface area contributed by atoms with E-state index in [1.165, 1.54) is 19.3 Å². The van der Waals surface area contributed by atoms with Gasteiger partial charge in [-0.05, 0) is 53.5 Å². The van der Waals surface area contributed by atoms with Crippen LogP contribution in [-0.4, -0.2) is 31.1 Å². The van der Waals surface area contributed by atoms with Gasteiger partial charge in [0, 0.05) is 13.1 Å². The molecule has 3 nitrogen and oxygen atoms in total. The Balaban J connectivity index is 1.87. The van der Waals surface area contributed by atoms with E-state index < -0.39 is 0 Å². The Morgan fingerprint density at radius 2 is 2.00 bits per heavy atom. The second kappa shape index (κ2) is 7.22. The third-order valence-electron chi connectivity index (χ3n) is 3.46. The van der Waals surface area contributed by atoms with Gasteiger partial charge in [0.05, 0.1) is 4.47 Å². The number of benzene rings is 1. The van der Waals surface area contributed by atoms with Crippen LogP contribution in [0.4, 0.5) is 4.39 Å². The van der Waals surface area contributed by atoms with E-state index in [0.29, 0.717) is 23.4 Å². The first kappa shape index (κ1) is 14.8. The number of nitrogens with two attached hydrogens (primary N) is 1. The molecule has 0 saturated carbocycles. The Morgan fingerprint density at radius 1 is 1.26 bits per heavy atom. The molecule has 106 valence electrons. The summed E-state index contributed by atoms with van der Waals surface area (Å²) in [7, 11) is 0. The fraction of sp³-hybridized carbons (Fsp3) is 0.571. The van der Waals surface area contributed by atoms with E-state index in [1.54, 1.807) is 12.1 Å². The third-order valence-corrected chi connectivity index (χ3v) is 4.32. The van der Waals surface area contributed by atoms with Crippen LogP contribution in [0.1, 0.15) is 24.8 Å². The maximum atomic E-state index is 14.0. The summed E-state index contributed by atoms with van der Waals surface area (Å²) < 4.78 is 19.9. The van der Waals surface area contributed by atoms with E-state index in [4.69, 9.17) is 10.5 Å². The van der Waals surface area contributed by atoms with Crippen LogP contribution in [0.15, 0.2) is 16.6 Å². The van der Waals surface area contributed by atoms with E-state index in [1.807, 2.05) is 0 Å². The van der Waals surface area contributed by atoms with Crippen molar-refractivity contribution in [2.75, 3.05) is 26.2 Å². The average Bonchev–Trinajstić information content (AvgIpc) is 2.45. The van der Waals surface area contributed by atoms with Gasteiger partial charge >= 0.3 is 0 Å². The molecular formula is C14H20BrFN2O. The summed E-state index contributed by atoms with van der Waals surface area (Å²) in [4.78, 5) is 2.37.